The van der Waals surface area contributed by atoms with Crippen LogP contribution in [-0.2, 0) is 10.2 Å². The highest BCUT2D eigenvalue weighted by Gasteiger charge is 2.70. The lowest BCUT2D eigenvalue weighted by Gasteiger charge is -2.38. The molecule has 3 aliphatic heterocycles. The quantitative estimate of drug-likeness (QED) is 0.278. The molecule has 1 saturated heterocycles. The Morgan fingerprint density at radius 3 is 2.14 bits per heavy atom. The average Bonchev–Trinajstić information content (AvgIpc) is 3.55. The van der Waals surface area contributed by atoms with Crippen molar-refractivity contribution in [2.24, 2.45) is 5.92 Å². The molecule has 4 atom stereocenters. The Morgan fingerprint density at radius 2 is 1.43 bits per heavy atom. The Balaban J connectivity index is 1.54. The number of amides is 1. The predicted molar refractivity (Wildman–Crippen MR) is 165 cm³/mol. The molecule has 1 N–H and O–H groups in total. The van der Waals surface area contributed by atoms with Gasteiger partial charge in [0.1, 0.15) is 11.5 Å². The molecule has 0 aromatic heterocycles. The van der Waals surface area contributed by atoms with Crippen LogP contribution in [0, 0.1) is 5.92 Å². The van der Waals surface area contributed by atoms with Gasteiger partial charge in [0.05, 0.1) is 33.3 Å². The number of nitrogens with one attached hydrogen (secondary N) is 1. The SMILES string of the molecule is COc1cc(C(=O)C2C(C(=O)c3ccccc3)N3C=Cc4ccccc4C3C23C(=O)Nc2ccccc23)cc(OC)c1OC. The number of carbonyl (C=O) groups excluding carboxylic acids is 3. The van der Waals surface area contributed by atoms with Crippen molar-refractivity contribution in [2.45, 2.75) is 17.5 Å². The van der Waals surface area contributed by atoms with Gasteiger partial charge >= 0.3 is 0 Å². The topological polar surface area (TPSA) is 94.2 Å². The predicted octanol–water partition coefficient (Wildman–Crippen LogP) is 5.69. The van der Waals surface area contributed by atoms with E-state index in [1.807, 2.05) is 71.8 Å². The van der Waals surface area contributed by atoms with Crippen LogP contribution >= 0.6 is 0 Å². The Labute approximate surface area is 254 Å². The number of hydrogen-bond acceptors (Lipinski definition) is 7. The van der Waals surface area contributed by atoms with E-state index in [0.29, 0.717) is 34.1 Å². The molecule has 7 rings (SSSR count). The van der Waals surface area contributed by atoms with Crippen molar-refractivity contribution in [2.75, 3.05) is 26.6 Å². The minimum Gasteiger partial charge on any atom is -0.493 e. The molecule has 1 spiro atoms. The first kappa shape index (κ1) is 27.5. The number of nitrogens with zero attached hydrogens (tertiary/aromatic N) is 1. The maximum absolute atomic E-state index is 15.2. The minimum absolute atomic E-state index is 0.240. The monoisotopic (exact) mass is 586 g/mol. The van der Waals surface area contributed by atoms with Crippen molar-refractivity contribution in [1.29, 1.82) is 0 Å². The summed E-state index contributed by atoms with van der Waals surface area (Å²) in [5.74, 6) is -1.15. The van der Waals surface area contributed by atoms with E-state index in [4.69, 9.17) is 14.2 Å². The highest BCUT2D eigenvalue weighted by molar-refractivity contribution is 6.17. The van der Waals surface area contributed by atoms with Crippen LogP contribution in [0.5, 0.6) is 17.2 Å². The molecule has 1 amide bonds. The van der Waals surface area contributed by atoms with Gasteiger partial charge in [-0.05, 0) is 41.0 Å². The maximum atomic E-state index is 15.2. The fourth-order valence-electron chi connectivity index (χ4n) is 7.34. The number of methoxy groups -OCH3 is 3. The van der Waals surface area contributed by atoms with E-state index < -0.39 is 23.4 Å². The number of Topliss-reactive ketones (excluding diaryl/α,β-unsaturated/α-hetero) is 2. The first-order valence-electron chi connectivity index (χ1n) is 14.3. The van der Waals surface area contributed by atoms with Crippen LogP contribution in [0.3, 0.4) is 0 Å². The zero-order chi connectivity index (χ0) is 30.6. The highest BCUT2D eigenvalue weighted by atomic mass is 16.5. The molecule has 1 fully saturated rings. The van der Waals surface area contributed by atoms with Crippen LogP contribution in [0.2, 0.25) is 0 Å². The average molecular weight is 587 g/mol. The standard InChI is InChI=1S/C36H30N2O6/c1-42-27-19-23(20-28(43-2)33(27)44-3)31(39)29-30(32(40)22-12-5-4-6-13-22)38-18-17-21-11-7-8-14-24(21)34(38)36(29)25-15-9-10-16-26(25)37-35(36)41/h4-20,29-30,34H,1-3H3,(H,37,41). The number of anilines is 1. The fourth-order valence-corrected chi connectivity index (χ4v) is 7.34. The number of ketones is 2. The summed E-state index contributed by atoms with van der Waals surface area (Å²) >= 11 is 0. The van der Waals surface area contributed by atoms with E-state index in [1.165, 1.54) is 21.3 Å². The third-order valence-corrected chi connectivity index (χ3v) is 9.13. The van der Waals surface area contributed by atoms with Crippen LogP contribution in [0.15, 0.2) is 97.2 Å². The Kier molecular flexibility index (Phi) is 6.50. The Morgan fingerprint density at radius 1 is 0.773 bits per heavy atom. The lowest BCUT2D eigenvalue weighted by Crippen LogP contribution is -2.49. The molecule has 3 aliphatic rings. The summed E-state index contributed by atoms with van der Waals surface area (Å²) in [7, 11) is 4.45. The summed E-state index contributed by atoms with van der Waals surface area (Å²) in [6.45, 7) is 0. The van der Waals surface area contributed by atoms with Gasteiger partial charge in [-0.15, -0.1) is 0 Å². The molecule has 220 valence electrons. The lowest BCUT2D eigenvalue weighted by molar-refractivity contribution is -0.122. The number of rotatable bonds is 7. The van der Waals surface area contributed by atoms with Crippen molar-refractivity contribution >= 4 is 29.2 Å². The highest BCUT2D eigenvalue weighted by Crippen LogP contribution is 2.62. The summed E-state index contributed by atoms with van der Waals surface area (Å²) < 4.78 is 16.7. The molecule has 4 unspecified atom stereocenters. The summed E-state index contributed by atoms with van der Waals surface area (Å²) in [6.07, 6.45) is 3.80. The van der Waals surface area contributed by atoms with Crippen LogP contribution in [-0.4, -0.2) is 49.7 Å². The number of carbonyl (C=O) groups is 3. The van der Waals surface area contributed by atoms with E-state index in [2.05, 4.69) is 5.32 Å². The molecular weight excluding hydrogens is 556 g/mol. The Hall–Kier alpha value is -5.37. The molecule has 8 heteroatoms. The second-order valence-corrected chi connectivity index (χ2v) is 11.1. The van der Waals surface area contributed by atoms with Gasteiger partial charge in [0.2, 0.25) is 11.7 Å². The molecule has 4 aromatic carbocycles. The lowest BCUT2D eigenvalue weighted by atomic mass is 9.62. The molecule has 3 heterocycles. The van der Waals surface area contributed by atoms with Gasteiger partial charge in [0.15, 0.2) is 23.1 Å². The largest absolute Gasteiger partial charge is 0.493 e. The third-order valence-electron chi connectivity index (χ3n) is 9.13. The van der Waals surface area contributed by atoms with Gasteiger partial charge in [-0.3, -0.25) is 14.4 Å². The van der Waals surface area contributed by atoms with Gasteiger partial charge in [-0.2, -0.15) is 0 Å². The number of benzene rings is 4. The summed E-state index contributed by atoms with van der Waals surface area (Å²) in [5.41, 5.74) is 2.35. The second-order valence-electron chi connectivity index (χ2n) is 11.1. The van der Waals surface area contributed by atoms with Gasteiger partial charge in [-0.1, -0.05) is 72.8 Å². The first-order valence-corrected chi connectivity index (χ1v) is 14.3. The molecule has 0 aliphatic carbocycles. The number of hydrogen-bond donors (Lipinski definition) is 1. The molecular formula is C36H30N2O6. The van der Waals surface area contributed by atoms with Crippen molar-refractivity contribution in [1.82, 2.24) is 4.90 Å². The second kappa shape index (κ2) is 10.4. The van der Waals surface area contributed by atoms with Crippen molar-refractivity contribution in [3.05, 3.63) is 125 Å². The summed E-state index contributed by atoms with van der Waals surface area (Å²) in [4.78, 5) is 46.3. The van der Waals surface area contributed by atoms with Gasteiger partial charge < -0.3 is 24.4 Å². The van der Waals surface area contributed by atoms with Crippen LogP contribution in [0.1, 0.15) is 43.4 Å². The maximum Gasteiger partial charge on any atom is 0.238 e. The molecule has 4 aromatic rings. The number of ether oxygens (including phenoxy) is 3. The normalized spacial score (nSPS) is 22.6. The van der Waals surface area contributed by atoms with E-state index in [-0.39, 0.29) is 23.0 Å². The number of para-hydroxylation sites is 1. The van der Waals surface area contributed by atoms with E-state index in [1.54, 1.807) is 36.4 Å². The fraction of sp³-hybridized carbons (Fsp3) is 0.194. The molecule has 0 radical (unpaired) electrons. The van der Waals surface area contributed by atoms with E-state index in [0.717, 1.165) is 11.1 Å². The van der Waals surface area contributed by atoms with Crippen LogP contribution in [0.25, 0.3) is 6.08 Å². The molecule has 0 saturated carbocycles. The van der Waals surface area contributed by atoms with E-state index in [9.17, 15) is 9.59 Å². The Bertz CT molecular complexity index is 1830. The molecule has 44 heavy (non-hydrogen) atoms. The van der Waals surface area contributed by atoms with Gasteiger partial charge in [0.25, 0.3) is 0 Å². The minimum atomic E-state index is -1.44. The van der Waals surface area contributed by atoms with Crippen LogP contribution in [0.4, 0.5) is 5.69 Å². The van der Waals surface area contributed by atoms with Crippen molar-refractivity contribution in [3.8, 4) is 17.2 Å². The number of fused-ring (bicyclic) bond motifs is 6. The summed E-state index contributed by atoms with van der Waals surface area (Å²) in [5, 5.41) is 3.07. The van der Waals surface area contributed by atoms with Crippen molar-refractivity contribution in [3.63, 3.8) is 0 Å². The van der Waals surface area contributed by atoms with Crippen LogP contribution < -0.4 is 19.5 Å². The molecule has 0 bridgehead atoms. The first-order chi connectivity index (χ1) is 21.4. The smallest absolute Gasteiger partial charge is 0.238 e. The third kappa shape index (κ3) is 3.73. The molecule has 8 nitrogen and oxygen atoms in total. The van der Waals surface area contributed by atoms with Crippen molar-refractivity contribution < 1.29 is 28.6 Å². The van der Waals surface area contributed by atoms with Gasteiger partial charge in [0, 0.05) is 23.0 Å². The van der Waals surface area contributed by atoms with E-state index >= 15 is 4.79 Å². The zero-order valence-electron chi connectivity index (χ0n) is 24.4. The van der Waals surface area contributed by atoms with Gasteiger partial charge in [-0.25, -0.2) is 0 Å². The zero-order valence-corrected chi connectivity index (χ0v) is 24.4. The summed E-state index contributed by atoms with van der Waals surface area (Å²) in [6, 6.07) is 25.7.